The van der Waals surface area contributed by atoms with Crippen LogP contribution in [0.15, 0.2) is 18.3 Å². The maximum absolute atomic E-state index is 13.0. The second-order valence-electron chi connectivity index (χ2n) is 6.67. The van der Waals surface area contributed by atoms with Gasteiger partial charge in [0.05, 0.1) is 30.7 Å². The summed E-state index contributed by atoms with van der Waals surface area (Å²) in [7, 11) is 1.39. The van der Waals surface area contributed by atoms with Gasteiger partial charge in [-0.1, -0.05) is 0 Å². The third-order valence-corrected chi connectivity index (χ3v) is 6.45. The number of rotatable bonds is 2. The van der Waals surface area contributed by atoms with Gasteiger partial charge in [-0.15, -0.1) is 0 Å². The fourth-order valence-electron chi connectivity index (χ4n) is 3.52. The molecule has 3 heterocycles. The van der Waals surface area contributed by atoms with Crippen LogP contribution in [0.3, 0.4) is 0 Å². The van der Waals surface area contributed by atoms with E-state index in [0.717, 1.165) is 0 Å². The minimum atomic E-state index is -3.33. The van der Waals surface area contributed by atoms with Crippen LogP contribution in [0.1, 0.15) is 10.4 Å². The zero-order valence-corrected chi connectivity index (χ0v) is 15.8. The second kappa shape index (κ2) is 6.75. The molecule has 26 heavy (non-hydrogen) atoms. The van der Waals surface area contributed by atoms with E-state index in [1.807, 2.05) is 0 Å². The van der Waals surface area contributed by atoms with Crippen molar-refractivity contribution < 1.29 is 22.7 Å². The third-order valence-electron chi connectivity index (χ3n) is 4.76. The average Bonchev–Trinajstić information content (AvgIpc) is 2.94. The number of nitrogens with zero attached hydrogens (tertiary/aromatic N) is 4. The van der Waals surface area contributed by atoms with Gasteiger partial charge in [-0.05, 0) is 6.07 Å². The molecule has 0 N–H and O–H groups in total. The van der Waals surface area contributed by atoms with E-state index in [0.29, 0.717) is 18.0 Å². The number of sulfone groups is 1. The van der Waals surface area contributed by atoms with Crippen LogP contribution in [0.5, 0.6) is 5.88 Å². The molecule has 0 saturated carbocycles. The van der Waals surface area contributed by atoms with Gasteiger partial charge in [0.15, 0.2) is 9.84 Å². The number of pyridine rings is 1. The van der Waals surface area contributed by atoms with Crippen LogP contribution in [-0.2, 0) is 9.84 Å². The van der Waals surface area contributed by atoms with Crippen molar-refractivity contribution in [2.24, 2.45) is 0 Å². The molecule has 9 nitrogen and oxygen atoms in total. The van der Waals surface area contributed by atoms with Crippen molar-refractivity contribution in [2.75, 3.05) is 45.8 Å². The van der Waals surface area contributed by atoms with Gasteiger partial charge < -0.3 is 19.4 Å². The maximum Gasteiger partial charge on any atom is 0.319 e. The van der Waals surface area contributed by atoms with Gasteiger partial charge in [0.25, 0.3) is 5.91 Å². The first kappa shape index (κ1) is 18.4. The number of piperazine rings is 1. The van der Waals surface area contributed by atoms with E-state index < -0.39 is 21.9 Å². The number of carbonyl (C=O) groups is 2. The Hall–Kier alpha value is -2.36. The molecule has 142 valence electrons. The van der Waals surface area contributed by atoms with Gasteiger partial charge in [0.2, 0.25) is 5.88 Å². The van der Waals surface area contributed by atoms with Crippen molar-refractivity contribution in [1.82, 2.24) is 19.7 Å². The summed E-state index contributed by atoms with van der Waals surface area (Å²) in [4.78, 5) is 33.9. The number of carbonyl (C=O) groups excluding carboxylic acids is 2. The molecule has 0 spiro atoms. The Morgan fingerprint density at radius 1 is 1.19 bits per heavy atom. The van der Waals surface area contributed by atoms with Crippen LogP contribution in [0.25, 0.3) is 0 Å². The lowest BCUT2D eigenvalue weighted by atomic mass is 10.0. The van der Waals surface area contributed by atoms with Gasteiger partial charge in [0.1, 0.15) is 0 Å². The number of aromatic nitrogens is 1. The van der Waals surface area contributed by atoms with Gasteiger partial charge >= 0.3 is 6.03 Å². The third kappa shape index (κ3) is 3.33. The van der Waals surface area contributed by atoms with E-state index in [2.05, 4.69) is 4.98 Å². The van der Waals surface area contributed by atoms with Gasteiger partial charge in [-0.25, -0.2) is 18.2 Å². The maximum atomic E-state index is 13.0. The summed E-state index contributed by atoms with van der Waals surface area (Å²) in [6.45, 7) is 0.571. The van der Waals surface area contributed by atoms with Crippen LogP contribution in [-0.4, -0.2) is 97.9 Å². The lowest BCUT2D eigenvalue weighted by molar-refractivity contribution is 0.0393. The summed E-state index contributed by atoms with van der Waals surface area (Å²) in [6.07, 6.45) is 1.47. The highest BCUT2D eigenvalue weighted by Gasteiger charge is 2.49. The molecule has 3 rings (SSSR count). The molecule has 2 fully saturated rings. The summed E-state index contributed by atoms with van der Waals surface area (Å²) in [5.41, 5.74) is 0.382. The molecule has 2 saturated heterocycles. The van der Waals surface area contributed by atoms with Crippen LogP contribution >= 0.6 is 0 Å². The summed E-state index contributed by atoms with van der Waals surface area (Å²) in [5, 5.41) is 0. The zero-order valence-electron chi connectivity index (χ0n) is 15.0. The molecule has 1 aromatic heterocycles. The van der Waals surface area contributed by atoms with E-state index in [4.69, 9.17) is 4.74 Å². The number of urea groups is 1. The van der Waals surface area contributed by atoms with Gasteiger partial charge in [0, 0.05) is 45.0 Å². The molecular formula is C16H22N4O5S. The molecule has 2 atom stereocenters. The first-order valence-corrected chi connectivity index (χ1v) is 10.0. The first-order chi connectivity index (χ1) is 12.2. The predicted octanol–water partition coefficient (Wildman–Crippen LogP) is -0.305. The Balaban J connectivity index is 1.90. The van der Waals surface area contributed by atoms with Crippen molar-refractivity contribution in [3.8, 4) is 5.88 Å². The van der Waals surface area contributed by atoms with Crippen molar-refractivity contribution in [3.05, 3.63) is 23.9 Å². The molecule has 2 aliphatic heterocycles. The smallest absolute Gasteiger partial charge is 0.319 e. The highest BCUT2D eigenvalue weighted by Crippen LogP contribution is 2.29. The summed E-state index contributed by atoms with van der Waals surface area (Å²) >= 11 is 0. The molecule has 1 aromatic rings. The van der Waals surface area contributed by atoms with E-state index in [1.54, 1.807) is 30.0 Å². The molecule has 0 aromatic carbocycles. The number of ether oxygens (including phenoxy) is 1. The molecule has 0 unspecified atom stereocenters. The molecule has 3 amide bonds. The largest absolute Gasteiger partial charge is 0.481 e. The quantitative estimate of drug-likeness (QED) is 0.696. The van der Waals surface area contributed by atoms with Crippen LogP contribution in [0.2, 0.25) is 0 Å². The number of amides is 3. The van der Waals surface area contributed by atoms with E-state index in [1.165, 1.54) is 24.3 Å². The predicted molar refractivity (Wildman–Crippen MR) is 93.8 cm³/mol. The molecule has 10 heteroatoms. The van der Waals surface area contributed by atoms with Crippen LogP contribution in [0.4, 0.5) is 4.79 Å². The molecule has 0 bridgehead atoms. The Kier molecular flexibility index (Phi) is 4.78. The fourth-order valence-corrected chi connectivity index (χ4v) is 5.50. The number of hydrogen-bond donors (Lipinski definition) is 0. The van der Waals surface area contributed by atoms with Crippen molar-refractivity contribution in [3.63, 3.8) is 0 Å². The Morgan fingerprint density at radius 2 is 1.81 bits per heavy atom. The lowest BCUT2D eigenvalue weighted by Gasteiger charge is -2.44. The zero-order chi connectivity index (χ0) is 19.1. The molecule has 0 aliphatic carbocycles. The Bertz CT molecular complexity index is 826. The summed E-state index contributed by atoms with van der Waals surface area (Å²) < 4.78 is 29.5. The number of fused-ring (bicyclic) bond motifs is 1. The standard InChI is InChI=1S/C16H22N4O5S/c1-18(2)16(22)20-7-6-19(12-9-26(23,24)10-13(12)20)15(21)11-4-5-17-14(8-11)25-3/h4-5,8,12-13H,6-7,9-10H2,1-3H3/t12-,13+/m0/s1. The topological polar surface area (TPSA) is 100 Å². The lowest BCUT2D eigenvalue weighted by Crippen LogP contribution is -2.63. The first-order valence-electron chi connectivity index (χ1n) is 8.23. The second-order valence-corrected chi connectivity index (χ2v) is 8.82. The fraction of sp³-hybridized carbons (Fsp3) is 0.562. The van der Waals surface area contributed by atoms with Crippen LogP contribution < -0.4 is 4.74 Å². The SMILES string of the molecule is COc1cc(C(=O)N2CCN(C(=O)N(C)C)[C@@H]3CS(=O)(=O)C[C@@H]32)ccn1. The normalized spacial score (nSPS) is 24.1. The number of hydrogen-bond acceptors (Lipinski definition) is 6. The van der Waals surface area contributed by atoms with Crippen molar-refractivity contribution in [1.29, 1.82) is 0 Å². The average molecular weight is 382 g/mol. The van der Waals surface area contributed by atoms with E-state index in [-0.39, 0.29) is 30.0 Å². The minimum absolute atomic E-state index is 0.124. The highest BCUT2D eigenvalue weighted by molar-refractivity contribution is 7.91. The molecule has 2 aliphatic rings. The minimum Gasteiger partial charge on any atom is -0.481 e. The number of methoxy groups -OCH3 is 1. The Labute approximate surface area is 152 Å². The monoisotopic (exact) mass is 382 g/mol. The van der Waals surface area contributed by atoms with E-state index in [9.17, 15) is 18.0 Å². The molecule has 0 radical (unpaired) electrons. The van der Waals surface area contributed by atoms with Crippen molar-refractivity contribution in [2.45, 2.75) is 12.1 Å². The Morgan fingerprint density at radius 3 is 2.42 bits per heavy atom. The van der Waals surface area contributed by atoms with Gasteiger partial charge in [-0.3, -0.25) is 4.79 Å². The van der Waals surface area contributed by atoms with E-state index >= 15 is 0 Å². The summed E-state index contributed by atoms with van der Waals surface area (Å²) in [6, 6.07) is 1.77. The van der Waals surface area contributed by atoms with Crippen LogP contribution in [0, 0.1) is 0 Å². The highest BCUT2D eigenvalue weighted by atomic mass is 32.2. The van der Waals surface area contributed by atoms with Gasteiger partial charge in [-0.2, -0.15) is 0 Å². The van der Waals surface area contributed by atoms with Crippen molar-refractivity contribution >= 4 is 21.8 Å². The molecular weight excluding hydrogens is 360 g/mol. The summed E-state index contributed by atoms with van der Waals surface area (Å²) in [5.74, 6) is -0.230.